The molecule has 2 aromatic rings. The number of benzene rings is 1. The largest absolute Gasteiger partial charge is 0.488 e. The molecule has 1 atom stereocenters. The predicted octanol–water partition coefficient (Wildman–Crippen LogP) is 2.99. The number of hydrogen-bond acceptors (Lipinski definition) is 3. The molecule has 0 N–H and O–H groups in total. The van der Waals surface area contributed by atoms with Crippen LogP contribution in [0.2, 0.25) is 0 Å². The zero-order valence-corrected chi connectivity index (χ0v) is 13.6. The quantitative estimate of drug-likeness (QED) is 0.813. The van der Waals surface area contributed by atoms with Gasteiger partial charge in [0.2, 0.25) is 0 Å². The molecule has 23 heavy (non-hydrogen) atoms. The Morgan fingerprint density at radius 2 is 2.13 bits per heavy atom. The van der Waals surface area contributed by atoms with Gasteiger partial charge < -0.3 is 9.64 Å². The number of piperidine rings is 1. The van der Waals surface area contributed by atoms with E-state index in [0.717, 1.165) is 42.0 Å². The van der Waals surface area contributed by atoms with Gasteiger partial charge in [0.05, 0.1) is 5.69 Å². The normalized spacial score (nSPS) is 19.7. The van der Waals surface area contributed by atoms with Crippen molar-refractivity contribution >= 4 is 5.91 Å². The van der Waals surface area contributed by atoms with Crippen LogP contribution in [0.25, 0.3) is 11.3 Å². The van der Waals surface area contributed by atoms with E-state index in [4.69, 9.17) is 4.74 Å². The van der Waals surface area contributed by atoms with Gasteiger partial charge in [0.15, 0.2) is 5.69 Å². The van der Waals surface area contributed by atoms with Gasteiger partial charge in [-0.05, 0) is 38.3 Å². The number of aromatic nitrogens is 2. The molecular formula is C18H21N3O2. The molecule has 1 aromatic heterocycles. The van der Waals surface area contributed by atoms with Gasteiger partial charge in [-0.15, -0.1) is 0 Å². The van der Waals surface area contributed by atoms with E-state index in [1.807, 2.05) is 40.9 Å². The molecule has 5 heteroatoms. The molecule has 1 aromatic carbocycles. The number of carbonyl (C=O) groups excluding carboxylic acids is 1. The lowest BCUT2D eigenvalue weighted by Gasteiger charge is -2.33. The van der Waals surface area contributed by atoms with Crippen molar-refractivity contribution in [1.29, 1.82) is 0 Å². The Kier molecular flexibility index (Phi) is 3.36. The summed E-state index contributed by atoms with van der Waals surface area (Å²) in [6.07, 6.45) is 3.34. The van der Waals surface area contributed by atoms with Crippen LogP contribution in [0.5, 0.6) is 5.75 Å². The first kappa shape index (κ1) is 14.3. The third-order valence-electron chi connectivity index (χ3n) is 4.93. The van der Waals surface area contributed by atoms with E-state index in [2.05, 4.69) is 12.0 Å². The molecule has 0 aliphatic carbocycles. The fourth-order valence-electron chi connectivity index (χ4n) is 3.69. The summed E-state index contributed by atoms with van der Waals surface area (Å²) in [6, 6.07) is 8.21. The van der Waals surface area contributed by atoms with Crippen molar-refractivity contribution in [1.82, 2.24) is 14.7 Å². The number of nitrogens with zero attached hydrogens (tertiary/aromatic N) is 3. The number of carbonyl (C=O) groups is 1. The Balaban J connectivity index is 1.77. The smallest absolute Gasteiger partial charge is 0.275 e. The van der Waals surface area contributed by atoms with Crippen LogP contribution in [0.3, 0.4) is 0 Å². The van der Waals surface area contributed by atoms with E-state index < -0.39 is 0 Å². The van der Waals surface area contributed by atoms with Crippen LogP contribution < -0.4 is 4.74 Å². The highest BCUT2D eigenvalue weighted by atomic mass is 16.5. The lowest BCUT2D eigenvalue weighted by atomic mass is 10.00. The van der Waals surface area contributed by atoms with Gasteiger partial charge in [0.1, 0.15) is 12.4 Å². The average molecular weight is 311 g/mol. The van der Waals surface area contributed by atoms with E-state index in [-0.39, 0.29) is 11.9 Å². The van der Waals surface area contributed by atoms with E-state index in [0.29, 0.717) is 12.3 Å². The summed E-state index contributed by atoms with van der Waals surface area (Å²) in [6.45, 7) is 3.35. The fourth-order valence-corrected chi connectivity index (χ4v) is 3.69. The number of para-hydroxylation sites is 1. The zero-order valence-electron chi connectivity index (χ0n) is 13.6. The molecule has 1 fully saturated rings. The number of hydrogen-bond donors (Lipinski definition) is 0. The monoisotopic (exact) mass is 311 g/mol. The maximum atomic E-state index is 13.0. The fraction of sp³-hybridized carbons (Fsp3) is 0.444. The summed E-state index contributed by atoms with van der Waals surface area (Å²) in [4.78, 5) is 15.0. The third kappa shape index (κ3) is 2.22. The van der Waals surface area contributed by atoms with Crippen molar-refractivity contribution in [3.8, 4) is 17.0 Å². The van der Waals surface area contributed by atoms with Crippen LogP contribution in [0.15, 0.2) is 24.3 Å². The lowest BCUT2D eigenvalue weighted by Crippen LogP contribution is -2.42. The van der Waals surface area contributed by atoms with Crippen molar-refractivity contribution in [3.63, 3.8) is 0 Å². The van der Waals surface area contributed by atoms with Gasteiger partial charge in [-0.25, -0.2) is 0 Å². The predicted molar refractivity (Wildman–Crippen MR) is 87.3 cm³/mol. The Morgan fingerprint density at radius 1 is 1.30 bits per heavy atom. The van der Waals surface area contributed by atoms with Crippen LogP contribution in [-0.2, 0) is 13.7 Å². The van der Waals surface area contributed by atoms with Gasteiger partial charge >= 0.3 is 0 Å². The summed E-state index contributed by atoms with van der Waals surface area (Å²) in [5.41, 5.74) is 3.47. The molecule has 4 rings (SSSR count). The first-order valence-electron chi connectivity index (χ1n) is 8.26. The highest BCUT2D eigenvalue weighted by molar-refractivity contribution is 5.96. The maximum absolute atomic E-state index is 13.0. The molecule has 2 aliphatic heterocycles. The standard InChI is InChI=1S/C18H21N3O2/c1-12-7-5-6-10-21(12)18(22)16-14-11-23-15-9-4-3-8-13(15)17(14)20(2)19-16/h3-4,8-9,12H,5-7,10-11H2,1-2H3/t12-/m1/s1. The molecule has 0 spiro atoms. The molecule has 120 valence electrons. The molecule has 3 heterocycles. The van der Waals surface area contributed by atoms with Crippen LogP contribution in [0.1, 0.15) is 42.2 Å². The Morgan fingerprint density at radius 3 is 2.96 bits per heavy atom. The van der Waals surface area contributed by atoms with Crippen molar-refractivity contribution in [3.05, 3.63) is 35.5 Å². The molecule has 1 amide bonds. The Hall–Kier alpha value is -2.30. The zero-order chi connectivity index (χ0) is 16.0. The van der Waals surface area contributed by atoms with Crippen LogP contribution in [0.4, 0.5) is 0 Å². The topological polar surface area (TPSA) is 47.4 Å². The molecule has 1 saturated heterocycles. The van der Waals surface area contributed by atoms with Crippen molar-refractivity contribution in [2.75, 3.05) is 6.54 Å². The molecule has 5 nitrogen and oxygen atoms in total. The van der Waals surface area contributed by atoms with Crippen molar-refractivity contribution in [2.45, 2.75) is 38.8 Å². The molecule has 0 bridgehead atoms. The summed E-state index contributed by atoms with van der Waals surface area (Å²) in [7, 11) is 1.90. The third-order valence-corrected chi connectivity index (χ3v) is 4.93. The maximum Gasteiger partial charge on any atom is 0.275 e. The second-order valence-electron chi connectivity index (χ2n) is 6.43. The minimum atomic E-state index is 0.0389. The highest BCUT2D eigenvalue weighted by Crippen LogP contribution is 2.38. The number of ether oxygens (including phenoxy) is 1. The van der Waals surface area contributed by atoms with Crippen molar-refractivity contribution < 1.29 is 9.53 Å². The second-order valence-corrected chi connectivity index (χ2v) is 6.43. The van der Waals surface area contributed by atoms with Gasteiger partial charge in [-0.1, -0.05) is 12.1 Å². The molecular weight excluding hydrogens is 290 g/mol. The average Bonchev–Trinajstić information content (AvgIpc) is 2.92. The number of amides is 1. The van der Waals surface area contributed by atoms with Gasteiger partial charge in [-0.3, -0.25) is 9.48 Å². The SMILES string of the molecule is C[C@@H]1CCCCN1C(=O)c1nn(C)c2c1COc1ccccc1-2. The molecule has 0 unspecified atom stereocenters. The van der Waals surface area contributed by atoms with Crippen LogP contribution >= 0.6 is 0 Å². The van der Waals surface area contributed by atoms with Crippen LogP contribution in [0, 0.1) is 0 Å². The summed E-state index contributed by atoms with van der Waals surface area (Å²) < 4.78 is 7.66. The first-order chi connectivity index (χ1) is 11.2. The van der Waals surface area contributed by atoms with Crippen LogP contribution in [-0.4, -0.2) is 33.2 Å². The van der Waals surface area contributed by atoms with Gasteiger partial charge in [0.25, 0.3) is 5.91 Å². The highest BCUT2D eigenvalue weighted by Gasteiger charge is 2.32. The summed E-state index contributed by atoms with van der Waals surface area (Å²) >= 11 is 0. The number of likely N-dealkylation sites (tertiary alicyclic amines) is 1. The summed E-state index contributed by atoms with van der Waals surface area (Å²) in [5, 5.41) is 4.55. The lowest BCUT2D eigenvalue weighted by molar-refractivity contribution is 0.0626. The Bertz CT molecular complexity index is 766. The van der Waals surface area contributed by atoms with E-state index in [1.165, 1.54) is 6.42 Å². The summed E-state index contributed by atoms with van der Waals surface area (Å²) in [5.74, 6) is 0.894. The second kappa shape index (κ2) is 5.41. The minimum absolute atomic E-state index is 0.0389. The molecule has 2 aliphatic rings. The minimum Gasteiger partial charge on any atom is -0.488 e. The molecule has 0 radical (unpaired) electrons. The Labute approximate surface area is 135 Å². The van der Waals surface area contributed by atoms with E-state index in [1.54, 1.807) is 0 Å². The number of fused-ring (bicyclic) bond motifs is 3. The van der Waals surface area contributed by atoms with Gasteiger partial charge in [0, 0.05) is 30.8 Å². The van der Waals surface area contributed by atoms with E-state index in [9.17, 15) is 4.79 Å². The molecule has 0 saturated carbocycles. The first-order valence-corrected chi connectivity index (χ1v) is 8.26. The number of aryl methyl sites for hydroxylation is 1. The number of rotatable bonds is 1. The van der Waals surface area contributed by atoms with Crippen molar-refractivity contribution in [2.24, 2.45) is 7.05 Å². The van der Waals surface area contributed by atoms with Gasteiger partial charge in [-0.2, -0.15) is 5.10 Å². The van der Waals surface area contributed by atoms with E-state index >= 15 is 0 Å².